The third kappa shape index (κ3) is 7.85. The van der Waals surface area contributed by atoms with E-state index in [-0.39, 0.29) is 49.7 Å². The molecule has 5 aliphatic heterocycles. The fraction of sp³-hybridized carbons (Fsp3) is 0.568. The summed E-state index contributed by atoms with van der Waals surface area (Å²) in [5.74, 6) is -7.03. The third-order valence-corrected chi connectivity index (χ3v) is 12.7. The Kier molecular flexibility index (Phi) is 12.4. The van der Waals surface area contributed by atoms with Crippen LogP contribution in [0.4, 0.5) is 5.69 Å². The molecule has 59 heavy (non-hydrogen) atoms. The number of benzene rings is 2. The number of anilines is 1. The van der Waals surface area contributed by atoms with Gasteiger partial charge in [0.25, 0.3) is 11.7 Å². The molecule has 1 saturated heterocycles. The maximum atomic E-state index is 14.7. The van der Waals surface area contributed by atoms with Crippen LogP contribution >= 0.6 is 0 Å². The van der Waals surface area contributed by atoms with E-state index in [1.54, 1.807) is 59.8 Å². The predicted molar refractivity (Wildman–Crippen MR) is 219 cm³/mol. The fourth-order valence-electron chi connectivity index (χ4n) is 8.86. The second-order valence-corrected chi connectivity index (χ2v) is 16.7. The van der Waals surface area contributed by atoms with Crippen LogP contribution < -0.4 is 20.8 Å². The van der Waals surface area contributed by atoms with Crippen molar-refractivity contribution in [2.75, 3.05) is 32.1 Å². The average Bonchev–Trinajstić information content (AvgIpc) is 3.70. The number of likely N-dealkylation sites (tertiary alicyclic amines) is 1. The fourth-order valence-corrected chi connectivity index (χ4v) is 8.86. The number of esters is 1. The lowest BCUT2D eigenvalue weighted by Crippen LogP contribution is -2.46. The van der Waals surface area contributed by atoms with Crippen molar-refractivity contribution < 1.29 is 53.8 Å². The number of carbonyl (C=O) groups excluding carboxylic acids is 3. The number of aliphatic hydroxyl groups is 2. The van der Waals surface area contributed by atoms with Crippen LogP contribution in [0.2, 0.25) is 0 Å². The van der Waals surface area contributed by atoms with Crippen LogP contribution in [0.3, 0.4) is 0 Å². The number of nitrogens with zero attached hydrogens (tertiary/aromatic N) is 3. The summed E-state index contributed by atoms with van der Waals surface area (Å²) in [5, 5.41) is 50.3. The number of aliphatic hydroxyl groups excluding tert-OH is 2. The highest BCUT2D eigenvalue weighted by Crippen LogP contribution is 2.51. The minimum absolute atomic E-state index is 0.0527. The summed E-state index contributed by atoms with van der Waals surface area (Å²) in [6.45, 7) is 17.2. The number of piperidine rings is 1. The van der Waals surface area contributed by atoms with Crippen molar-refractivity contribution in [1.82, 2.24) is 4.90 Å². The number of fused-ring (bicyclic) bond motifs is 13. The predicted octanol–water partition coefficient (Wildman–Crippen LogP) is 4.11. The first-order valence-electron chi connectivity index (χ1n) is 20.4. The summed E-state index contributed by atoms with van der Waals surface area (Å²) in [5.41, 5.74) is -0.104. The molecule has 9 unspecified atom stereocenters. The number of aromatic hydroxyl groups is 2. The number of phenols is 2. The van der Waals surface area contributed by atoms with Gasteiger partial charge >= 0.3 is 11.8 Å². The number of methoxy groups -OCH3 is 1. The van der Waals surface area contributed by atoms with Crippen molar-refractivity contribution in [2.45, 2.75) is 111 Å². The number of ether oxygens (including phenoxy) is 4. The van der Waals surface area contributed by atoms with Gasteiger partial charge in [-0.1, -0.05) is 52.8 Å². The number of ketones is 1. The van der Waals surface area contributed by atoms with Gasteiger partial charge in [-0.15, -0.1) is 0 Å². The van der Waals surface area contributed by atoms with E-state index >= 15 is 0 Å². The van der Waals surface area contributed by atoms with Crippen molar-refractivity contribution in [2.24, 2.45) is 33.7 Å². The average molecular weight is 819 g/mol. The summed E-state index contributed by atoms with van der Waals surface area (Å²) < 4.78 is 23.9. The van der Waals surface area contributed by atoms with Crippen molar-refractivity contribution >= 4 is 34.1 Å². The molecule has 0 aliphatic carbocycles. The zero-order valence-electron chi connectivity index (χ0n) is 35.5. The molecule has 2 aromatic carbocycles. The highest BCUT2D eigenvalue weighted by Gasteiger charge is 2.50. The van der Waals surface area contributed by atoms with E-state index in [1.807, 2.05) is 0 Å². The molecular weight excluding hydrogens is 761 g/mol. The van der Waals surface area contributed by atoms with Crippen molar-refractivity contribution in [1.29, 1.82) is 0 Å². The lowest BCUT2D eigenvalue weighted by atomic mass is 9.78. The molecule has 2 aromatic rings. The number of rotatable bonds is 3. The Hall–Kier alpha value is -4.83. The molecule has 0 saturated carbocycles. The lowest BCUT2D eigenvalue weighted by Gasteiger charge is -2.38. The SMILES string of the molecule is CCN1CCC2(CC1)N=c1c(c3c4c5c(C)c(O)c3c(O)c1=NC(=O)/C(C)=C\C=C/C(C)C(O)C(C)C(O)C(C)C(OC(C)=O)C(C)C(OC)/C=C\OC(C)(O5)C4=O)N2. The van der Waals surface area contributed by atoms with Gasteiger partial charge in [0.15, 0.2) is 5.75 Å². The zero-order chi connectivity index (χ0) is 43.3. The van der Waals surface area contributed by atoms with E-state index in [2.05, 4.69) is 22.1 Å². The quantitative estimate of drug-likeness (QED) is 0.219. The number of amides is 1. The number of carbonyl (C=O) groups is 3. The third-order valence-electron chi connectivity index (χ3n) is 12.7. The smallest absolute Gasteiger partial charge is 0.312 e. The van der Waals surface area contributed by atoms with Crippen LogP contribution in [-0.4, -0.2) is 106 Å². The van der Waals surface area contributed by atoms with Crippen LogP contribution in [0.25, 0.3) is 10.8 Å². The molecule has 5 heterocycles. The maximum Gasteiger partial charge on any atom is 0.312 e. The first-order chi connectivity index (χ1) is 27.8. The second-order valence-electron chi connectivity index (χ2n) is 16.7. The number of phenolic OH excluding ortho intramolecular Hbond substituents is 2. The summed E-state index contributed by atoms with van der Waals surface area (Å²) in [7, 11) is 1.47. The van der Waals surface area contributed by atoms with Gasteiger partial charge in [-0.25, -0.2) is 4.99 Å². The van der Waals surface area contributed by atoms with E-state index in [0.717, 1.165) is 19.6 Å². The Bertz CT molecular complexity index is 2240. The Morgan fingerprint density at radius 3 is 2.29 bits per heavy atom. The second kappa shape index (κ2) is 16.7. The normalized spacial score (nSPS) is 33.3. The van der Waals surface area contributed by atoms with Gasteiger partial charge in [0, 0.05) is 87.1 Å². The van der Waals surface area contributed by atoms with Gasteiger partial charge in [0.2, 0.25) is 0 Å². The van der Waals surface area contributed by atoms with Gasteiger partial charge < -0.3 is 49.6 Å². The Balaban J connectivity index is 1.56. The van der Waals surface area contributed by atoms with E-state index in [9.17, 15) is 34.8 Å². The van der Waals surface area contributed by atoms with Gasteiger partial charge in [-0.05, 0) is 26.5 Å². The van der Waals surface area contributed by atoms with Gasteiger partial charge in [-0.2, -0.15) is 0 Å². The van der Waals surface area contributed by atoms with E-state index < -0.39 is 82.9 Å². The number of Topliss-reactive ketones (excluding diaryl/α,β-unsaturated/α-hetero) is 1. The van der Waals surface area contributed by atoms with Crippen LogP contribution in [-0.2, 0) is 23.8 Å². The largest absolute Gasteiger partial charge is 0.507 e. The topological polar surface area (TPSA) is 209 Å². The first-order valence-corrected chi connectivity index (χ1v) is 20.4. The molecule has 15 nitrogen and oxygen atoms in total. The van der Waals surface area contributed by atoms with Crippen LogP contribution in [0, 0.1) is 30.6 Å². The molecule has 0 radical (unpaired) electrons. The Morgan fingerprint density at radius 2 is 1.66 bits per heavy atom. The molecule has 5 aliphatic rings. The Labute approximate surface area is 344 Å². The zero-order valence-corrected chi connectivity index (χ0v) is 35.5. The monoisotopic (exact) mass is 818 g/mol. The molecule has 1 fully saturated rings. The lowest BCUT2D eigenvalue weighted by molar-refractivity contribution is -0.160. The summed E-state index contributed by atoms with van der Waals surface area (Å²) >= 11 is 0. The number of nitrogens with one attached hydrogen (secondary N) is 1. The number of hydrogen-bond acceptors (Lipinski definition) is 14. The Morgan fingerprint density at radius 1 is 0.983 bits per heavy atom. The molecule has 320 valence electrons. The maximum absolute atomic E-state index is 14.7. The van der Waals surface area contributed by atoms with Gasteiger partial charge in [-0.3, -0.25) is 19.4 Å². The van der Waals surface area contributed by atoms with Crippen molar-refractivity contribution in [3.63, 3.8) is 0 Å². The van der Waals surface area contributed by atoms with Crippen molar-refractivity contribution in [3.05, 3.63) is 58.0 Å². The minimum atomic E-state index is -1.95. The van der Waals surface area contributed by atoms with Gasteiger partial charge in [0.05, 0.1) is 41.2 Å². The molecule has 5 bridgehead atoms. The molecule has 15 heteroatoms. The van der Waals surface area contributed by atoms with Crippen LogP contribution in [0.15, 0.2) is 46.1 Å². The van der Waals surface area contributed by atoms with Crippen LogP contribution in [0.5, 0.6) is 17.2 Å². The molecule has 5 N–H and O–H groups in total. The van der Waals surface area contributed by atoms with E-state index in [0.29, 0.717) is 18.5 Å². The van der Waals surface area contributed by atoms with Crippen molar-refractivity contribution in [3.8, 4) is 17.2 Å². The molecule has 7 rings (SSSR count). The number of allylic oxidation sites excluding steroid dienone is 2. The highest BCUT2D eigenvalue weighted by atomic mass is 16.7. The van der Waals surface area contributed by atoms with E-state index in [1.165, 1.54) is 33.3 Å². The standard InChI is InChI=1S/C44H58N4O11/c1-11-48-18-16-44(17-19-48)46-32-29-30-37(52)26(7)40-31(29)41(54)43(9,59-40)57-20-15-28(56-10)23(4)39(58-27(8)49)25(6)36(51)24(5)35(50)21(2)13-12-14-22(3)42(55)45-34(38(30)53)33(32)47-44/h12-15,20-21,23-25,28,35-36,39,46,50-53H,11,16-19H2,1-10H3/b13-12-,20-15-,22-14-,45-34?. The molecular formula is C44H58N4O11. The molecule has 1 spiro atoms. The molecule has 1 amide bonds. The first kappa shape index (κ1) is 43.7. The number of hydrogen-bond donors (Lipinski definition) is 5. The summed E-state index contributed by atoms with van der Waals surface area (Å²) in [4.78, 5) is 52.6. The summed E-state index contributed by atoms with van der Waals surface area (Å²) in [6.07, 6.45) is 5.06. The van der Waals surface area contributed by atoms with Gasteiger partial charge in [0.1, 0.15) is 34.0 Å². The highest BCUT2D eigenvalue weighted by molar-refractivity contribution is 6.21. The molecule has 9 atom stereocenters. The molecule has 0 aromatic heterocycles. The van der Waals surface area contributed by atoms with E-state index in [4.69, 9.17) is 23.9 Å². The van der Waals surface area contributed by atoms with Crippen LogP contribution in [0.1, 0.15) is 84.2 Å². The minimum Gasteiger partial charge on any atom is -0.507 e. The summed E-state index contributed by atoms with van der Waals surface area (Å²) in [6, 6.07) is 0.